The first-order chi connectivity index (χ1) is 29.5. The minimum atomic E-state index is -4.36. The van der Waals surface area contributed by atoms with E-state index in [1.165, 1.54) is 96.3 Å². The van der Waals surface area contributed by atoms with Crippen LogP contribution in [0.15, 0.2) is 72.9 Å². The number of hydrogen-bond donors (Lipinski definition) is 3. The van der Waals surface area contributed by atoms with E-state index in [4.69, 9.17) is 9.05 Å². The van der Waals surface area contributed by atoms with Crippen molar-refractivity contribution in [3.63, 3.8) is 0 Å². The summed E-state index contributed by atoms with van der Waals surface area (Å²) in [6.07, 6.45) is 58.5. The van der Waals surface area contributed by atoms with Gasteiger partial charge in [-0.1, -0.05) is 189 Å². The fraction of sp³-hybridized carbons (Fsp3) is 0.750. The van der Waals surface area contributed by atoms with Crippen LogP contribution in [0.5, 0.6) is 0 Å². The van der Waals surface area contributed by atoms with Gasteiger partial charge in [-0.05, 0) is 77.0 Å². The van der Waals surface area contributed by atoms with Crippen LogP contribution in [0.1, 0.15) is 200 Å². The minimum absolute atomic E-state index is 0.0466. The molecule has 0 aromatic rings. The van der Waals surface area contributed by atoms with Crippen molar-refractivity contribution >= 4 is 13.7 Å². The van der Waals surface area contributed by atoms with Crippen LogP contribution in [0.25, 0.3) is 0 Å². The van der Waals surface area contributed by atoms with Crippen molar-refractivity contribution in [2.45, 2.75) is 212 Å². The van der Waals surface area contributed by atoms with E-state index >= 15 is 0 Å². The number of likely N-dealkylation sites (N-methyl/N-ethyl adjacent to an activating group) is 1. The number of carbonyl (C=O) groups is 1. The fourth-order valence-electron chi connectivity index (χ4n) is 6.73. The maximum Gasteiger partial charge on any atom is 0.472 e. The molecule has 0 aliphatic heterocycles. The molecule has 1 amide bonds. The van der Waals surface area contributed by atoms with Gasteiger partial charge < -0.3 is 19.8 Å². The average molecular weight is 876 g/mol. The predicted octanol–water partition coefficient (Wildman–Crippen LogP) is 14.4. The SMILES string of the molecule is CC/C=C\C/C=C\C/C=C\CCCCCCCC(=O)NC(COP(=O)(O)OCC[N+](C)(C)C)C(O)/C=C/CC/C=C/CC/C=C/CCCCCCCCCCCCCCCC. The molecule has 0 bridgehead atoms. The van der Waals surface area contributed by atoms with E-state index < -0.39 is 20.0 Å². The van der Waals surface area contributed by atoms with E-state index in [0.29, 0.717) is 17.4 Å². The van der Waals surface area contributed by atoms with Crippen molar-refractivity contribution in [2.75, 3.05) is 40.9 Å². The summed E-state index contributed by atoms with van der Waals surface area (Å²) in [4.78, 5) is 23.2. The normalized spacial score (nSPS) is 14.8. The second-order valence-electron chi connectivity index (χ2n) is 17.8. The molecular formula is C52H96N2O6P+. The third kappa shape index (κ3) is 45.8. The van der Waals surface area contributed by atoms with Gasteiger partial charge in [-0.25, -0.2) is 4.57 Å². The average Bonchev–Trinajstić information content (AvgIpc) is 3.21. The van der Waals surface area contributed by atoms with Crippen LogP contribution in [-0.4, -0.2) is 73.4 Å². The topological polar surface area (TPSA) is 105 Å². The summed E-state index contributed by atoms with van der Waals surface area (Å²) in [5.74, 6) is -0.211. The number of aliphatic hydroxyl groups is 1. The van der Waals surface area contributed by atoms with Crippen molar-refractivity contribution in [1.29, 1.82) is 0 Å². The second-order valence-corrected chi connectivity index (χ2v) is 19.2. The number of carbonyl (C=O) groups excluding carboxylic acids is 1. The highest BCUT2D eigenvalue weighted by Gasteiger charge is 2.27. The van der Waals surface area contributed by atoms with Gasteiger partial charge in [0, 0.05) is 6.42 Å². The van der Waals surface area contributed by atoms with Crippen LogP contribution >= 0.6 is 7.82 Å². The molecule has 3 unspecified atom stereocenters. The number of phosphoric ester groups is 1. The van der Waals surface area contributed by atoms with Gasteiger partial charge in [-0.2, -0.15) is 0 Å². The molecule has 0 aliphatic carbocycles. The van der Waals surface area contributed by atoms with Gasteiger partial charge in [0.25, 0.3) is 0 Å². The Bertz CT molecular complexity index is 1220. The number of quaternary nitrogens is 1. The molecule has 0 aromatic heterocycles. The largest absolute Gasteiger partial charge is 0.472 e. The first-order valence-corrected chi connectivity index (χ1v) is 26.3. The number of unbranched alkanes of at least 4 members (excludes halogenated alkanes) is 21. The zero-order chi connectivity index (χ0) is 45.0. The molecule has 9 heteroatoms. The van der Waals surface area contributed by atoms with Gasteiger partial charge in [0.2, 0.25) is 5.91 Å². The summed E-state index contributed by atoms with van der Waals surface area (Å²) < 4.78 is 23.6. The third-order valence-corrected chi connectivity index (χ3v) is 11.6. The van der Waals surface area contributed by atoms with Crippen LogP contribution in [0.3, 0.4) is 0 Å². The summed E-state index contributed by atoms with van der Waals surface area (Å²) in [5.41, 5.74) is 0. The lowest BCUT2D eigenvalue weighted by molar-refractivity contribution is -0.870. The van der Waals surface area contributed by atoms with Crippen LogP contribution in [0.4, 0.5) is 0 Å². The molecule has 0 aliphatic rings. The number of nitrogens with one attached hydrogen (secondary N) is 1. The summed E-state index contributed by atoms with van der Waals surface area (Å²) >= 11 is 0. The molecule has 0 rings (SSSR count). The molecular weight excluding hydrogens is 780 g/mol. The Balaban J connectivity index is 4.42. The Labute approximate surface area is 376 Å². The highest BCUT2D eigenvalue weighted by atomic mass is 31.2. The number of aliphatic hydroxyl groups excluding tert-OH is 1. The molecule has 61 heavy (non-hydrogen) atoms. The van der Waals surface area contributed by atoms with E-state index in [9.17, 15) is 19.4 Å². The van der Waals surface area contributed by atoms with E-state index in [0.717, 1.165) is 83.5 Å². The maximum atomic E-state index is 12.9. The Kier molecular flexibility index (Phi) is 41.7. The Morgan fingerprint density at radius 2 is 1.00 bits per heavy atom. The molecule has 0 saturated carbocycles. The molecule has 0 radical (unpaired) electrons. The highest BCUT2D eigenvalue weighted by Crippen LogP contribution is 2.43. The zero-order valence-corrected chi connectivity index (χ0v) is 41.0. The summed E-state index contributed by atoms with van der Waals surface area (Å²) in [5, 5.41) is 13.8. The van der Waals surface area contributed by atoms with Crippen LogP contribution in [0.2, 0.25) is 0 Å². The standard InChI is InChI=1S/C52H95N2O6P/c1-6-8-10-12-14-16-18-20-22-23-24-25-26-27-28-29-30-32-33-35-37-39-41-43-45-51(55)50(49-60-61(57,58)59-48-47-54(3,4)5)53-52(56)46-44-42-40-38-36-34-31-21-19-17-15-13-11-9-7-2/h9,11,15,17,21,29-31,35,37,43,45,50-51,55H,6-8,10,12-14,16,18-20,22-28,32-34,36,38-42,44,46-49H2,1-5H3,(H-,53,56,57,58)/p+1/b11-9-,17-15-,30-29+,31-21-,37-35+,45-43+. The fourth-order valence-corrected chi connectivity index (χ4v) is 7.47. The van der Waals surface area contributed by atoms with Crippen molar-refractivity contribution in [3.8, 4) is 0 Å². The van der Waals surface area contributed by atoms with Crippen molar-refractivity contribution in [1.82, 2.24) is 5.32 Å². The van der Waals surface area contributed by atoms with Gasteiger partial charge in [-0.15, -0.1) is 0 Å². The second kappa shape index (κ2) is 43.2. The Hall–Kier alpha value is -2.06. The van der Waals surface area contributed by atoms with Gasteiger partial charge in [0.15, 0.2) is 0 Å². The monoisotopic (exact) mass is 876 g/mol. The summed E-state index contributed by atoms with van der Waals surface area (Å²) in [7, 11) is 1.52. The molecule has 8 nitrogen and oxygen atoms in total. The number of nitrogens with zero attached hydrogens (tertiary/aromatic N) is 1. The Morgan fingerprint density at radius 3 is 1.51 bits per heavy atom. The number of phosphoric acid groups is 1. The number of amides is 1. The minimum Gasteiger partial charge on any atom is -0.387 e. The molecule has 0 fully saturated rings. The predicted molar refractivity (Wildman–Crippen MR) is 263 cm³/mol. The van der Waals surface area contributed by atoms with Crippen molar-refractivity contribution in [3.05, 3.63) is 72.9 Å². The van der Waals surface area contributed by atoms with Gasteiger partial charge in [-0.3, -0.25) is 13.8 Å². The molecule has 0 saturated heterocycles. The summed E-state index contributed by atoms with van der Waals surface area (Å²) in [6, 6.07) is -0.882. The van der Waals surface area contributed by atoms with E-state index in [1.807, 2.05) is 27.2 Å². The first kappa shape index (κ1) is 58.9. The lowest BCUT2D eigenvalue weighted by Crippen LogP contribution is -2.45. The molecule has 3 atom stereocenters. The lowest BCUT2D eigenvalue weighted by atomic mass is 10.0. The lowest BCUT2D eigenvalue weighted by Gasteiger charge is -2.25. The van der Waals surface area contributed by atoms with E-state index in [-0.39, 0.29) is 19.1 Å². The molecule has 354 valence electrons. The Morgan fingerprint density at radius 1 is 0.574 bits per heavy atom. The van der Waals surface area contributed by atoms with Gasteiger partial charge in [0.1, 0.15) is 13.2 Å². The van der Waals surface area contributed by atoms with Crippen molar-refractivity contribution < 1.29 is 32.9 Å². The quantitative estimate of drug-likeness (QED) is 0.0244. The van der Waals surface area contributed by atoms with E-state index in [1.54, 1.807) is 6.08 Å². The molecule has 3 N–H and O–H groups in total. The summed E-state index contributed by atoms with van der Waals surface area (Å²) in [6.45, 7) is 4.65. The van der Waals surface area contributed by atoms with Crippen molar-refractivity contribution in [2.24, 2.45) is 0 Å². The molecule has 0 heterocycles. The number of allylic oxidation sites excluding steroid dienone is 11. The van der Waals surface area contributed by atoms with Gasteiger partial charge in [0.05, 0.1) is 39.9 Å². The highest BCUT2D eigenvalue weighted by molar-refractivity contribution is 7.47. The van der Waals surface area contributed by atoms with Crippen LogP contribution in [0, 0.1) is 0 Å². The number of rotatable bonds is 44. The van der Waals surface area contributed by atoms with E-state index in [2.05, 4.69) is 79.9 Å². The third-order valence-electron chi connectivity index (χ3n) is 10.6. The molecule has 0 aromatic carbocycles. The number of hydrogen-bond acceptors (Lipinski definition) is 5. The molecule has 0 spiro atoms. The smallest absolute Gasteiger partial charge is 0.387 e. The first-order valence-electron chi connectivity index (χ1n) is 24.8. The van der Waals surface area contributed by atoms with Gasteiger partial charge >= 0.3 is 7.82 Å². The van der Waals surface area contributed by atoms with Crippen LogP contribution < -0.4 is 5.32 Å². The van der Waals surface area contributed by atoms with Crippen LogP contribution in [-0.2, 0) is 18.4 Å². The zero-order valence-electron chi connectivity index (χ0n) is 40.1. The maximum absolute atomic E-state index is 12.9.